The van der Waals surface area contributed by atoms with Crippen molar-refractivity contribution >= 4 is 39.1 Å². The molecule has 4 aromatic rings. The minimum absolute atomic E-state index is 0.0479. The number of anilines is 1. The van der Waals surface area contributed by atoms with Crippen LogP contribution in [0.4, 0.5) is 5.69 Å². The summed E-state index contributed by atoms with van der Waals surface area (Å²) >= 11 is 9.56. The minimum Gasteiger partial charge on any atom is -0.494 e. The monoisotopic (exact) mass is 496 g/mol. The summed E-state index contributed by atoms with van der Waals surface area (Å²) < 4.78 is 8.06. The number of halogens is 2. The molecule has 0 atom stereocenters. The van der Waals surface area contributed by atoms with E-state index in [1.54, 1.807) is 28.9 Å². The molecule has 1 heterocycles. The van der Waals surface area contributed by atoms with Crippen LogP contribution in [-0.2, 0) is 0 Å². The second-order valence-corrected chi connectivity index (χ2v) is 7.92. The van der Waals surface area contributed by atoms with Crippen LogP contribution in [-0.4, -0.2) is 27.3 Å². The summed E-state index contributed by atoms with van der Waals surface area (Å²) in [4.78, 5) is 17.3. The van der Waals surface area contributed by atoms with Gasteiger partial charge < -0.3 is 10.1 Å². The lowest BCUT2D eigenvalue weighted by Crippen LogP contribution is -2.14. The normalized spacial score (nSPS) is 10.7. The molecule has 0 saturated carbocycles. The molecule has 0 fully saturated rings. The smallest absolute Gasteiger partial charge is 0.295 e. The molecule has 31 heavy (non-hydrogen) atoms. The zero-order chi connectivity index (χ0) is 21.8. The SMILES string of the molecule is CCOc1ccc(-n2nc(C(=O)Nc3ccc(Br)cc3)nc2-c2cccc(Cl)c2)cc1. The molecule has 0 aliphatic carbocycles. The number of aromatic nitrogens is 3. The Bertz CT molecular complexity index is 1210. The van der Waals surface area contributed by atoms with Crippen molar-refractivity contribution in [1.29, 1.82) is 0 Å². The highest BCUT2D eigenvalue weighted by Gasteiger charge is 2.19. The predicted octanol–water partition coefficient (Wildman–Crippen LogP) is 6.00. The van der Waals surface area contributed by atoms with Gasteiger partial charge in [0.15, 0.2) is 5.82 Å². The Morgan fingerprint density at radius 2 is 1.84 bits per heavy atom. The van der Waals surface area contributed by atoms with E-state index in [2.05, 4.69) is 31.3 Å². The number of rotatable bonds is 6. The summed E-state index contributed by atoms with van der Waals surface area (Å²) in [6, 6.07) is 22.0. The Kier molecular flexibility index (Phi) is 6.34. The van der Waals surface area contributed by atoms with E-state index in [0.29, 0.717) is 23.1 Å². The highest BCUT2D eigenvalue weighted by molar-refractivity contribution is 9.10. The van der Waals surface area contributed by atoms with E-state index in [0.717, 1.165) is 21.5 Å². The molecule has 3 aromatic carbocycles. The maximum atomic E-state index is 12.8. The number of benzene rings is 3. The maximum Gasteiger partial charge on any atom is 0.295 e. The number of carbonyl (C=O) groups is 1. The van der Waals surface area contributed by atoms with Crippen molar-refractivity contribution in [1.82, 2.24) is 14.8 Å². The van der Waals surface area contributed by atoms with Crippen LogP contribution in [0.15, 0.2) is 77.3 Å². The zero-order valence-corrected chi connectivity index (χ0v) is 18.9. The summed E-state index contributed by atoms with van der Waals surface area (Å²) in [5, 5.41) is 7.87. The maximum absolute atomic E-state index is 12.8. The van der Waals surface area contributed by atoms with Gasteiger partial charge in [0.2, 0.25) is 5.82 Å². The molecule has 1 amide bonds. The number of hydrogen-bond acceptors (Lipinski definition) is 4. The van der Waals surface area contributed by atoms with Crippen LogP contribution in [0.1, 0.15) is 17.5 Å². The van der Waals surface area contributed by atoms with E-state index in [1.807, 2.05) is 55.5 Å². The first-order chi connectivity index (χ1) is 15.0. The largest absolute Gasteiger partial charge is 0.494 e. The van der Waals surface area contributed by atoms with Gasteiger partial charge in [-0.05, 0) is 67.6 Å². The lowest BCUT2D eigenvalue weighted by atomic mass is 10.2. The lowest BCUT2D eigenvalue weighted by molar-refractivity contribution is 0.101. The van der Waals surface area contributed by atoms with Gasteiger partial charge in [-0.3, -0.25) is 4.79 Å². The predicted molar refractivity (Wildman–Crippen MR) is 125 cm³/mol. The van der Waals surface area contributed by atoms with Crippen LogP contribution in [0.2, 0.25) is 5.02 Å². The summed E-state index contributed by atoms with van der Waals surface area (Å²) in [5.41, 5.74) is 2.14. The van der Waals surface area contributed by atoms with E-state index >= 15 is 0 Å². The molecule has 0 radical (unpaired) electrons. The molecule has 156 valence electrons. The number of hydrogen-bond donors (Lipinski definition) is 1. The molecular weight excluding hydrogens is 480 g/mol. The molecule has 0 aliphatic rings. The summed E-state index contributed by atoms with van der Waals surface area (Å²) in [7, 11) is 0. The summed E-state index contributed by atoms with van der Waals surface area (Å²) in [5.74, 6) is 0.901. The Labute approximate surface area is 193 Å². The minimum atomic E-state index is -0.407. The molecule has 0 saturated heterocycles. The first kappa shape index (κ1) is 21.1. The van der Waals surface area contributed by atoms with E-state index < -0.39 is 5.91 Å². The van der Waals surface area contributed by atoms with Crippen molar-refractivity contribution in [3.63, 3.8) is 0 Å². The second kappa shape index (κ2) is 9.32. The molecular formula is C23H18BrClN4O2. The van der Waals surface area contributed by atoms with Gasteiger partial charge in [0.1, 0.15) is 5.75 Å². The average molecular weight is 498 g/mol. The fourth-order valence-electron chi connectivity index (χ4n) is 2.97. The quantitative estimate of drug-likeness (QED) is 0.355. The molecule has 1 N–H and O–H groups in total. The fraction of sp³-hybridized carbons (Fsp3) is 0.0870. The van der Waals surface area contributed by atoms with Crippen molar-refractivity contribution in [2.24, 2.45) is 0 Å². The molecule has 0 unspecified atom stereocenters. The highest BCUT2D eigenvalue weighted by Crippen LogP contribution is 2.25. The third kappa shape index (κ3) is 4.95. The van der Waals surface area contributed by atoms with Crippen LogP contribution in [0.5, 0.6) is 5.75 Å². The topological polar surface area (TPSA) is 69.0 Å². The van der Waals surface area contributed by atoms with Crippen LogP contribution in [0.25, 0.3) is 17.1 Å². The summed E-state index contributed by atoms with van der Waals surface area (Å²) in [6.45, 7) is 2.51. The van der Waals surface area contributed by atoms with Gasteiger partial charge in [0.25, 0.3) is 5.91 Å². The first-order valence-corrected chi connectivity index (χ1v) is 10.7. The second-order valence-electron chi connectivity index (χ2n) is 6.57. The van der Waals surface area contributed by atoms with Gasteiger partial charge in [0, 0.05) is 20.7 Å². The van der Waals surface area contributed by atoms with Crippen molar-refractivity contribution in [3.05, 3.63) is 88.1 Å². The van der Waals surface area contributed by atoms with Gasteiger partial charge in [-0.2, -0.15) is 0 Å². The Balaban J connectivity index is 1.72. The van der Waals surface area contributed by atoms with Crippen LogP contribution >= 0.6 is 27.5 Å². The first-order valence-electron chi connectivity index (χ1n) is 9.56. The van der Waals surface area contributed by atoms with Crippen molar-refractivity contribution in [3.8, 4) is 22.8 Å². The fourth-order valence-corrected chi connectivity index (χ4v) is 3.43. The number of nitrogens with zero attached hydrogens (tertiary/aromatic N) is 3. The molecule has 0 bridgehead atoms. The highest BCUT2D eigenvalue weighted by atomic mass is 79.9. The van der Waals surface area contributed by atoms with E-state index in [4.69, 9.17) is 16.3 Å². The molecule has 8 heteroatoms. The van der Waals surface area contributed by atoms with Crippen molar-refractivity contribution in [2.45, 2.75) is 6.92 Å². The molecule has 1 aromatic heterocycles. The standard InChI is InChI=1S/C23H18BrClN4O2/c1-2-31-20-12-10-19(11-13-20)29-22(15-4-3-5-17(25)14-15)27-21(28-29)23(30)26-18-8-6-16(24)7-9-18/h3-14H,2H2,1H3,(H,26,30). The van der Waals surface area contributed by atoms with Gasteiger partial charge >= 0.3 is 0 Å². The Morgan fingerprint density at radius 3 is 2.52 bits per heavy atom. The number of amides is 1. The molecule has 0 aliphatic heterocycles. The third-order valence-electron chi connectivity index (χ3n) is 4.39. The van der Waals surface area contributed by atoms with Gasteiger partial charge in [-0.25, -0.2) is 9.67 Å². The van der Waals surface area contributed by atoms with Crippen LogP contribution < -0.4 is 10.1 Å². The average Bonchev–Trinajstić information content (AvgIpc) is 3.22. The number of nitrogens with one attached hydrogen (secondary N) is 1. The van der Waals surface area contributed by atoms with E-state index in [-0.39, 0.29) is 5.82 Å². The van der Waals surface area contributed by atoms with E-state index in [9.17, 15) is 4.79 Å². The zero-order valence-electron chi connectivity index (χ0n) is 16.5. The van der Waals surface area contributed by atoms with Crippen molar-refractivity contribution < 1.29 is 9.53 Å². The Hall–Kier alpha value is -3.16. The van der Waals surface area contributed by atoms with Gasteiger partial charge in [-0.1, -0.05) is 39.7 Å². The molecule has 4 rings (SSSR count). The van der Waals surface area contributed by atoms with Crippen LogP contribution in [0, 0.1) is 0 Å². The molecule has 6 nitrogen and oxygen atoms in total. The van der Waals surface area contributed by atoms with Crippen LogP contribution in [0.3, 0.4) is 0 Å². The van der Waals surface area contributed by atoms with Gasteiger partial charge in [-0.15, -0.1) is 5.10 Å². The van der Waals surface area contributed by atoms with E-state index in [1.165, 1.54) is 0 Å². The summed E-state index contributed by atoms with van der Waals surface area (Å²) in [6.07, 6.45) is 0. The Morgan fingerprint density at radius 1 is 1.10 bits per heavy atom. The van der Waals surface area contributed by atoms with Crippen molar-refractivity contribution in [2.75, 3.05) is 11.9 Å². The third-order valence-corrected chi connectivity index (χ3v) is 5.15. The number of ether oxygens (including phenoxy) is 1. The lowest BCUT2D eigenvalue weighted by Gasteiger charge is -2.08. The van der Waals surface area contributed by atoms with Gasteiger partial charge in [0.05, 0.1) is 12.3 Å². The number of carbonyl (C=O) groups excluding carboxylic acids is 1. The molecule has 0 spiro atoms.